The molecule has 2 rings (SSSR count). The third kappa shape index (κ3) is 7.70. The minimum absolute atomic E-state index is 1.05. The van der Waals surface area contributed by atoms with Crippen molar-refractivity contribution in [3.05, 3.63) is 27.7 Å². The van der Waals surface area contributed by atoms with Gasteiger partial charge in [0.1, 0.15) is 5.01 Å². The first-order chi connectivity index (χ1) is 12.3. The Morgan fingerprint density at radius 3 is 2.24 bits per heavy atom. The molecule has 0 aliphatic rings. The Balaban J connectivity index is 1.92. The molecule has 5 heteroatoms. The van der Waals surface area contributed by atoms with Crippen molar-refractivity contribution in [2.24, 2.45) is 0 Å². The van der Waals surface area contributed by atoms with E-state index in [1.54, 1.807) is 22.7 Å². The van der Waals surface area contributed by atoms with E-state index in [0.717, 1.165) is 18.1 Å². The van der Waals surface area contributed by atoms with Gasteiger partial charge < -0.3 is 4.90 Å². The number of thiazole rings is 2. The van der Waals surface area contributed by atoms with Gasteiger partial charge in [0.2, 0.25) is 0 Å². The van der Waals surface area contributed by atoms with Gasteiger partial charge in [-0.3, -0.25) is 0 Å². The van der Waals surface area contributed by atoms with Gasteiger partial charge in [-0.25, -0.2) is 9.97 Å². The Kier molecular flexibility index (Phi) is 9.82. The van der Waals surface area contributed by atoms with Crippen LogP contribution in [0.2, 0.25) is 0 Å². The largest absolute Gasteiger partial charge is 0.348 e. The third-order valence-corrected chi connectivity index (χ3v) is 5.95. The molecule has 3 nitrogen and oxygen atoms in total. The summed E-state index contributed by atoms with van der Waals surface area (Å²) in [6.07, 6.45) is 18.5. The number of hydrogen-bond acceptors (Lipinski definition) is 5. The van der Waals surface area contributed by atoms with Gasteiger partial charge in [0.25, 0.3) is 0 Å². The number of hydrogen-bond donors (Lipinski definition) is 0. The molecule has 0 aliphatic heterocycles. The van der Waals surface area contributed by atoms with E-state index in [1.807, 2.05) is 17.8 Å². The zero-order valence-electron chi connectivity index (χ0n) is 15.6. The summed E-state index contributed by atoms with van der Waals surface area (Å²) >= 11 is 3.46. The minimum atomic E-state index is 1.05. The van der Waals surface area contributed by atoms with Crippen LogP contribution in [0.3, 0.4) is 0 Å². The molecule has 0 atom stereocenters. The van der Waals surface area contributed by atoms with Crippen molar-refractivity contribution >= 4 is 40.0 Å². The fourth-order valence-corrected chi connectivity index (χ4v) is 4.13. The predicted molar refractivity (Wildman–Crippen MR) is 114 cm³/mol. The quantitative estimate of drug-likeness (QED) is 0.362. The highest BCUT2D eigenvalue weighted by atomic mass is 32.1. The summed E-state index contributed by atoms with van der Waals surface area (Å²) < 4.78 is 0. The third-order valence-electron chi connectivity index (χ3n) is 4.19. The number of anilines is 1. The van der Waals surface area contributed by atoms with Gasteiger partial charge in [0.05, 0.1) is 0 Å². The molecule has 2 aromatic rings. The molecule has 0 unspecified atom stereocenters. The Bertz CT molecular complexity index is 578. The van der Waals surface area contributed by atoms with E-state index >= 15 is 0 Å². The lowest BCUT2D eigenvalue weighted by atomic mass is 10.2. The molecule has 0 bridgehead atoms. The molecule has 0 radical (unpaired) electrons. The number of unbranched alkanes of at least 4 members (excludes halogenated alkanes) is 6. The fourth-order valence-electron chi connectivity index (χ4n) is 2.73. The average molecular weight is 378 g/mol. The van der Waals surface area contributed by atoms with Crippen LogP contribution in [-0.2, 0) is 0 Å². The molecule has 0 spiro atoms. The van der Waals surface area contributed by atoms with E-state index < -0.39 is 0 Å². The Hall–Kier alpha value is -1.20. The summed E-state index contributed by atoms with van der Waals surface area (Å²) in [7, 11) is 0. The highest BCUT2D eigenvalue weighted by Gasteiger charge is 2.10. The average Bonchev–Trinajstić information content (AvgIpc) is 3.30. The second kappa shape index (κ2) is 12.2. The smallest absolute Gasteiger partial charge is 0.185 e. The van der Waals surface area contributed by atoms with Crippen LogP contribution in [0, 0.1) is 0 Å². The van der Waals surface area contributed by atoms with E-state index in [1.165, 1.54) is 61.4 Å². The number of aromatic nitrogens is 2. The topological polar surface area (TPSA) is 29.0 Å². The summed E-state index contributed by atoms with van der Waals surface area (Å²) in [6, 6.07) is 0. The summed E-state index contributed by atoms with van der Waals surface area (Å²) in [5.74, 6) is 0. The van der Waals surface area contributed by atoms with Crippen LogP contribution in [0.5, 0.6) is 0 Å². The van der Waals surface area contributed by atoms with E-state index in [9.17, 15) is 0 Å². The van der Waals surface area contributed by atoms with Crippen molar-refractivity contribution in [3.63, 3.8) is 0 Å². The van der Waals surface area contributed by atoms with Crippen molar-refractivity contribution in [1.29, 1.82) is 0 Å². The maximum atomic E-state index is 4.69. The van der Waals surface area contributed by atoms with E-state index in [-0.39, 0.29) is 0 Å². The molecule has 0 aliphatic carbocycles. The van der Waals surface area contributed by atoms with Crippen molar-refractivity contribution in [3.8, 4) is 0 Å². The van der Waals surface area contributed by atoms with Crippen molar-refractivity contribution < 1.29 is 0 Å². The van der Waals surface area contributed by atoms with E-state index in [2.05, 4.69) is 35.9 Å². The monoisotopic (exact) mass is 377 g/mol. The van der Waals surface area contributed by atoms with Crippen LogP contribution < -0.4 is 4.90 Å². The van der Waals surface area contributed by atoms with Crippen LogP contribution >= 0.6 is 22.7 Å². The molecule has 0 amide bonds. The van der Waals surface area contributed by atoms with Gasteiger partial charge in [-0.15, -0.1) is 11.3 Å². The van der Waals surface area contributed by atoms with Crippen LogP contribution in [-0.4, -0.2) is 23.1 Å². The summed E-state index contributed by atoms with van der Waals surface area (Å²) in [6.45, 7) is 6.80. The van der Waals surface area contributed by atoms with E-state index in [0.29, 0.717) is 0 Å². The van der Waals surface area contributed by atoms with Crippen LogP contribution in [0.15, 0.2) is 17.8 Å². The molecule has 138 valence electrons. The predicted octanol–water partition coefficient (Wildman–Crippen LogP) is 6.74. The molecular weight excluding hydrogens is 346 g/mol. The molecule has 0 N–H and O–H groups in total. The van der Waals surface area contributed by atoms with Gasteiger partial charge in [-0.2, -0.15) is 0 Å². The Morgan fingerprint density at radius 1 is 0.920 bits per heavy atom. The highest BCUT2D eigenvalue weighted by Crippen LogP contribution is 2.25. The molecule has 25 heavy (non-hydrogen) atoms. The molecule has 0 fully saturated rings. The first-order valence-corrected chi connectivity index (χ1v) is 11.3. The van der Waals surface area contributed by atoms with Gasteiger partial charge in [0.15, 0.2) is 5.13 Å². The Morgan fingerprint density at radius 2 is 1.64 bits per heavy atom. The maximum Gasteiger partial charge on any atom is 0.185 e. The molecular formula is C20H31N3S2. The fraction of sp³-hybridized carbons (Fsp3) is 0.600. The minimum Gasteiger partial charge on any atom is -0.348 e. The normalized spacial score (nSPS) is 11.4. The van der Waals surface area contributed by atoms with Crippen molar-refractivity contribution in [2.45, 2.75) is 65.2 Å². The van der Waals surface area contributed by atoms with Gasteiger partial charge in [0, 0.05) is 35.7 Å². The summed E-state index contributed by atoms with van der Waals surface area (Å²) in [4.78, 5) is 12.7. The molecule has 0 saturated heterocycles. The first-order valence-electron chi connectivity index (χ1n) is 9.61. The summed E-state index contributed by atoms with van der Waals surface area (Å²) in [5.41, 5.74) is 0. The van der Waals surface area contributed by atoms with E-state index in [4.69, 9.17) is 4.98 Å². The molecule has 0 saturated carbocycles. The molecule has 0 aromatic carbocycles. The van der Waals surface area contributed by atoms with Gasteiger partial charge in [-0.1, -0.05) is 63.7 Å². The highest BCUT2D eigenvalue weighted by molar-refractivity contribution is 7.16. The van der Waals surface area contributed by atoms with Crippen molar-refractivity contribution in [1.82, 2.24) is 9.97 Å². The summed E-state index contributed by atoms with van der Waals surface area (Å²) in [5, 5.41) is 4.23. The molecule has 2 aromatic heterocycles. The van der Waals surface area contributed by atoms with Crippen LogP contribution in [0.4, 0.5) is 5.13 Å². The zero-order valence-corrected chi connectivity index (χ0v) is 17.2. The van der Waals surface area contributed by atoms with Crippen molar-refractivity contribution in [2.75, 3.05) is 18.0 Å². The zero-order chi connectivity index (χ0) is 17.7. The lowest BCUT2D eigenvalue weighted by Crippen LogP contribution is -2.25. The Labute approximate surface area is 160 Å². The van der Waals surface area contributed by atoms with Crippen LogP contribution in [0.1, 0.15) is 75.1 Å². The van der Waals surface area contributed by atoms with Gasteiger partial charge in [-0.05, 0) is 25.0 Å². The second-order valence-electron chi connectivity index (χ2n) is 6.36. The SMILES string of the molecule is CCCCCCN(CCCCCC)c1ncc(/C=C/c2nccs2)s1. The van der Waals surface area contributed by atoms with Gasteiger partial charge >= 0.3 is 0 Å². The lowest BCUT2D eigenvalue weighted by Gasteiger charge is -2.21. The lowest BCUT2D eigenvalue weighted by molar-refractivity contribution is 0.608. The first kappa shape index (κ1) is 20.1. The number of nitrogens with zero attached hydrogens (tertiary/aromatic N) is 3. The second-order valence-corrected chi connectivity index (χ2v) is 8.32. The molecule has 2 heterocycles. The number of rotatable bonds is 13. The maximum absolute atomic E-state index is 4.69. The standard InChI is InChI=1S/C20H31N3S2/c1-3-5-7-9-14-23(15-10-8-6-4-2)20-22-17-18(25-20)11-12-19-21-13-16-24-19/h11-13,16-17H,3-10,14-15H2,1-2H3/b12-11+. The van der Waals surface area contributed by atoms with Crippen LogP contribution in [0.25, 0.3) is 12.2 Å².